The number of hydrogen-bond acceptors (Lipinski definition) is 3. The molecule has 0 saturated heterocycles. The van der Waals surface area contributed by atoms with Crippen molar-refractivity contribution in [1.29, 1.82) is 0 Å². The molecule has 4 heteroatoms. The van der Waals surface area contributed by atoms with Crippen LogP contribution in [0.4, 0.5) is 5.69 Å². The van der Waals surface area contributed by atoms with Gasteiger partial charge in [-0.3, -0.25) is 9.78 Å². The highest BCUT2D eigenvalue weighted by Gasteiger charge is 2.10. The first-order chi connectivity index (χ1) is 9.10. The Labute approximate surface area is 113 Å². The fourth-order valence-corrected chi connectivity index (χ4v) is 1.95. The summed E-state index contributed by atoms with van der Waals surface area (Å²) >= 11 is 0. The number of pyridine rings is 1. The van der Waals surface area contributed by atoms with E-state index in [2.05, 4.69) is 10.3 Å². The molecule has 1 amide bonds. The van der Waals surface area contributed by atoms with Gasteiger partial charge in [-0.15, -0.1) is 0 Å². The van der Waals surface area contributed by atoms with E-state index in [1.54, 1.807) is 0 Å². The normalized spacial score (nSPS) is 12.4. The number of aryl methyl sites for hydroxylation is 1. The summed E-state index contributed by atoms with van der Waals surface area (Å²) in [6, 6.07) is 9.75. The number of amides is 1. The largest absolute Gasteiger partial charge is 0.330 e. The molecule has 0 fully saturated rings. The first kappa shape index (κ1) is 13.5. The van der Waals surface area contributed by atoms with Crippen molar-refractivity contribution in [3.8, 4) is 0 Å². The van der Waals surface area contributed by atoms with Crippen molar-refractivity contribution in [2.75, 3.05) is 11.9 Å². The van der Waals surface area contributed by atoms with E-state index in [9.17, 15) is 4.79 Å². The predicted molar refractivity (Wildman–Crippen MR) is 77.9 cm³/mol. The van der Waals surface area contributed by atoms with E-state index >= 15 is 0 Å². The third-order valence-electron chi connectivity index (χ3n) is 3.07. The van der Waals surface area contributed by atoms with Crippen LogP contribution < -0.4 is 11.1 Å². The number of anilines is 1. The highest BCUT2D eigenvalue weighted by molar-refractivity contribution is 6.00. The fourth-order valence-electron chi connectivity index (χ4n) is 1.95. The summed E-state index contributed by atoms with van der Waals surface area (Å²) in [7, 11) is 0. The molecule has 19 heavy (non-hydrogen) atoms. The summed E-state index contributed by atoms with van der Waals surface area (Å²) in [5.74, 6) is 0.165. The van der Waals surface area contributed by atoms with Gasteiger partial charge in [0.05, 0.1) is 11.2 Å². The number of hydrogen-bond donors (Lipinski definition) is 2. The zero-order valence-corrected chi connectivity index (χ0v) is 11.3. The summed E-state index contributed by atoms with van der Waals surface area (Å²) in [6.45, 7) is 4.42. The van der Waals surface area contributed by atoms with Crippen molar-refractivity contribution in [3.05, 3.63) is 36.0 Å². The number of carbonyl (C=O) groups excluding carboxylic acids is 1. The number of para-hydroxylation sites is 1. The number of benzene rings is 1. The third-order valence-corrected chi connectivity index (χ3v) is 3.07. The quantitative estimate of drug-likeness (QED) is 0.884. The highest BCUT2D eigenvalue weighted by Crippen LogP contribution is 2.22. The molecule has 2 rings (SSSR count). The number of carbonyl (C=O) groups is 1. The molecule has 0 bridgehead atoms. The first-order valence-corrected chi connectivity index (χ1v) is 6.46. The van der Waals surface area contributed by atoms with E-state index in [0.717, 1.165) is 22.3 Å². The SMILES string of the molecule is Cc1ccc2cccc(NC(=O)CC(C)CN)c2n1. The smallest absolute Gasteiger partial charge is 0.224 e. The second kappa shape index (κ2) is 5.80. The highest BCUT2D eigenvalue weighted by atomic mass is 16.1. The number of aromatic nitrogens is 1. The van der Waals surface area contributed by atoms with Gasteiger partial charge in [0.25, 0.3) is 0 Å². The van der Waals surface area contributed by atoms with Gasteiger partial charge in [0.15, 0.2) is 0 Å². The maximum absolute atomic E-state index is 11.9. The Balaban J connectivity index is 2.25. The number of rotatable bonds is 4. The van der Waals surface area contributed by atoms with Crippen molar-refractivity contribution >= 4 is 22.5 Å². The van der Waals surface area contributed by atoms with Crippen LogP contribution >= 0.6 is 0 Å². The van der Waals surface area contributed by atoms with Crippen LogP contribution in [0.3, 0.4) is 0 Å². The van der Waals surface area contributed by atoms with Gasteiger partial charge < -0.3 is 11.1 Å². The number of nitrogens with one attached hydrogen (secondary N) is 1. The van der Waals surface area contributed by atoms with Gasteiger partial charge >= 0.3 is 0 Å². The van der Waals surface area contributed by atoms with Gasteiger partial charge in [-0.05, 0) is 31.5 Å². The van der Waals surface area contributed by atoms with E-state index in [0.29, 0.717) is 13.0 Å². The average Bonchev–Trinajstić information content (AvgIpc) is 2.39. The molecule has 0 aliphatic heterocycles. The zero-order valence-electron chi connectivity index (χ0n) is 11.3. The molecule has 1 aromatic carbocycles. The summed E-state index contributed by atoms with van der Waals surface area (Å²) in [5, 5.41) is 3.94. The molecular weight excluding hydrogens is 238 g/mol. The molecule has 1 atom stereocenters. The predicted octanol–water partition coefficient (Wildman–Crippen LogP) is 2.47. The lowest BCUT2D eigenvalue weighted by Crippen LogP contribution is -2.20. The molecule has 0 aliphatic rings. The Hall–Kier alpha value is -1.94. The van der Waals surface area contributed by atoms with Crippen molar-refractivity contribution < 1.29 is 4.79 Å². The average molecular weight is 257 g/mol. The summed E-state index contributed by atoms with van der Waals surface area (Å²) in [4.78, 5) is 16.4. The van der Waals surface area contributed by atoms with Crippen LogP contribution in [-0.4, -0.2) is 17.4 Å². The maximum Gasteiger partial charge on any atom is 0.224 e. The molecule has 2 aromatic rings. The third kappa shape index (κ3) is 3.29. The van der Waals surface area contributed by atoms with Crippen molar-refractivity contribution in [3.63, 3.8) is 0 Å². The first-order valence-electron chi connectivity index (χ1n) is 6.46. The summed E-state index contributed by atoms with van der Waals surface area (Å²) in [5.41, 5.74) is 8.06. The van der Waals surface area contributed by atoms with Crippen LogP contribution in [0.2, 0.25) is 0 Å². The Morgan fingerprint density at radius 1 is 1.37 bits per heavy atom. The Kier molecular flexibility index (Phi) is 4.12. The lowest BCUT2D eigenvalue weighted by molar-refractivity contribution is -0.116. The van der Waals surface area contributed by atoms with E-state index in [1.165, 1.54) is 0 Å². The topological polar surface area (TPSA) is 68.0 Å². The van der Waals surface area contributed by atoms with E-state index in [-0.39, 0.29) is 11.8 Å². The van der Waals surface area contributed by atoms with Gasteiger partial charge in [-0.25, -0.2) is 0 Å². The minimum atomic E-state index is -0.0197. The fraction of sp³-hybridized carbons (Fsp3) is 0.333. The standard InChI is InChI=1S/C15H19N3O/c1-10(9-16)8-14(19)18-13-5-3-4-12-7-6-11(2)17-15(12)13/h3-7,10H,8-9,16H2,1-2H3,(H,18,19). The number of nitrogens with two attached hydrogens (primary N) is 1. The second-order valence-corrected chi connectivity index (χ2v) is 4.92. The van der Waals surface area contributed by atoms with Crippen LogP contribution in [0.15, 0.2) is 30.3 Å². The van der Waals surface area contributed by atoms with Crippen LogP contribution in [-0.2, 0) is 4.79 Å². The van der Waals surface area contributed by atoms with Crippen LogP contribution in [0.1, 0.15) is 19.0 Å². The molecule has 0 aliphatic carbocycles. The number of fused-ring (bicyclic) bond motifs is 1. The lowest BCUT2D eigenvalue weighted by atomic mass is 10.1. The zero-order chi connectivity index (χ0) is 13.8. The van der Waals surface area contributed by atoms with Gasteiger partial charge in [-0.1, -0.05) is 25.1 Å². The molecule has 0 saturated carbocycles. The summed E-state index contributed by atoms with van der Waals surface area (Å²) in [6.07, 6.45) is 0.429. The van der Waals surface area contributed by atoms with E-state index in [4.69, 9.17) is 5.73 Å². The maximum atomic E-state index is 11.9. The molecular formula is C15H19N3O. The molecule has 4 nitrogen and oxygen atoms in total. The molecule has 1 aromatic heterocycles. The van der Waals surface area contributed by atoms with Gasteiger partial charge in [0.2, 0.25) is 5.91 Å². The van der Waals surface area contributed by atoms with E-state index < -0.39 is 0 Å². The molecule has 100 valence electrons. The Morgan fingerprint density at radius 3 is 2.89 bits per heavy atom. The minimum absolute atomic E-state index is 0.0197. The minimum Gasteiger partial charge on any atom is -0.330 e. The van der Waals surface area contributed by atoms with E-state index in [1.807, 2.05) is 44.2 Å². The Morgan fingerprint density at radius 2 is 2.16 bits per heavy atom. The van der Waals surface area contributed by atoms with Gasteiger partial charge in [-0.2, -0.15) is 0 Å². The molecule has 0 spiro atoms. The molecule has 0 radical (unpaired) electrons. The van der Waals surface area contributed by atoms with Crippen LogP contribution in [0, 0.1) is 12.8 Å². The van der Waals surface area contributed by atoms with Gasteiger partial charge in [0, 0.05) is 17.5 Å². The molecule has 3 N–H and O–H groups in total. The monoisotopic (exact) mass is 257 g/mol. The molecule has 1 heterocycles. The van der Waals surface area contributed by atoms with Crippen molar-refractivity contribution in [1.82, 2.24) is 4.98 Å². The van der Waals surface area contributed by atoms with Crippen LogP contribution in [0.25, 0.3) is 10.9 Å². The lowest BCUT2D eigenvalue weighted by Gasteiger charge is -2.11. The number of nitrogens with zero attached hydrogens (tertiary/aromatic N) is 1. The van der Waals surface area contributed by atoms with Crippen molar-refractivity contribution in [2.24, 2.45) is 11.7 Å². The summed E-state index contributed by atoms with van der Waals surface area (Å²) < 4.78 is 0. The van der Waals surface area contributed by atoms with Crippen molar-refractivity contribution in [2.45, 2.75) is 20.3 Å². The van der Waals surface area contributed by atoms with Gasteiger partial charge in [0.1, 0.15) is 0 Å². The van der Waals surface area contributed by atoms with Crippen LogP contribution in [0.5, 0.6) is 0 Å². The second-order valence-electron chi connectivity index (χ2n) is 4.92. The Bertz CT molecular complexity index is 595. The molecule has 1 unspecified atom stereocenters.